The zero-order valence-electron chi connectivity index (χ0n) is 10.8. The minimum absolute atomic E-state index is 0.0937. The van der Waals surface area contributed by atoms with Crippen molar-refractivity contribution in [3.8, 4) is 0 Å². The summed E-state index contributed by atoms with van der Waals surface area (Å²) in [6.45, 7) is 6.22. The molecule has 0 bridgehead atoms. The average molecular weight is 263 g/mol. The maximum Gasteiger partial charge on any atom is 0.147 e. The number of aromatic nitrogens is 2. The topological polar surface area (TPSA) is 58.0 Å². The lowest BCUT2D eigenvalue weighted by Crippen LogP contribution is -2.57. The molecule has 1 saturated carbocycles. The number of aryl methyl sites for hydroxylation is 1. The second-order valence-corrected chi connectivity index (χ2v) is 6.47. The lowest BCUT2D eigenvalue weighted by atomic mass is 9.64. The van der Waals surface area contributed by atoms with Crippen LogP contribution in [0.5, 0.6) is 0 Å². The molecule has 0 aliphatic heterocycles. The van der Waals surface area contributed by atoms with Gasteiger partial charge in [0, 0.05) is 11.5 Å². The largest absolute Gasteiger partial charge is 0.392 e. The van der Waals surface area contributed by atoms with Gasteiger partial charge >= 0.3 is 0 Å². The van der Waals surface area contributed by atoms with Gasteiger partial charge in [0.05, 0.1) is 16.3 Å². The van der Waals surface area contributed by atoms with E-state index in [0.717, 1.165) is 22.5 Å². The fourth-order valence-corrected chi connectivity index (χ4v) is 3.34. The molecule has 2 N–H and O–H groups in total. The molecular formula is C13H17N3OS. The highest BCUT2D eigenvalue weighted by atomic mass is 32.1. The fraction of sp³-hybridized carbons (Fsp3) is 0.538. The molecular weight excluding hydrogens is 246 g/mol. The van der Waals surface area contributed by atoms with Crippen LogP contribution in [0.2, 0.25) is 0 Å². The predicted octanol–water partition coefficient (Wildman–Crippen LogP) is 2.57. The number of aliphatic hydroxyl groups excluding tert-OH is 1. The van der Waals surface area contributed by atoms with E-state index in [2.05, 4.69) is 41.4 Å². The summed E-state index contributed by atoms with van der Waals surface area (Å²) in [6, 6.07) is 0.271. The Hall–Kier alpha value is -1.20. The van der Waals surface area contributed by atoms with E-state index < -0.39 is 0 Å². The first-order valence-electron chi connectivity index (χ1n) is 6.13. The van der Waals surface area contributed by atoms with E-state index in [9.17, 15) is 5.11 Å². The Labute approximate surface area is 110 Å². The van der Waals surface area contributed by atoms with Gasteiger partial charge in [-0.3, -0.25) is 0 Å². The van der Waals surface area contributed by atoms with E-state index in [-0.39, 0.29) is 17.6 Å². The first-order valence-corrected chi connectivity index (χ1v) is 7.01. The van der Waals surface area contributed by atoms with E-state index in [4.69, 9.17) is 0 Å². The average Bonchev–Trinajstić information content (AvgIpc) is 2.72. The Balaban J connectivity index is 1.92. The summed E-state index contributed by atoms with van der Waals surface area (Å²) in [6.07, 6.45) is 2.16. The van der Waals surface area contributed by atoms with Gasteiger partial charge in [-0.05, 0) is 24.3 Å². The van der Waals surface area contributed by atoms with Crippen LogP contribution < -0.4 is 5.32 Å². The summed E-state index contributed by atoms with van der Waals surface area (Å²) >= 11 is 1.67. The number of aliphatic hydroxyl groups is 1. The maximum atomic E-state index is 9.77. The number of nitrogens with zero attached hydrogens (tertiary/aromatic N) is 2. The van der Waals surface area contributed by atoms with Crippen LogP contribution in [0.25, 0.3) is 10.2 Å². The Morgan fingerprint density at radius 3 is 2.89 bits per heavy atom. The van der Waals surface area contributed by atoms with Crippen molar-refractivity contribution in [2.45, 2.75) is 39.3 Å². The van der Waals surface area contributed by atoms with Crippen LogP contribution in [0.1, 0.15) is 25.8 Å². The van der Waals surface area contributed by atoms with Gasteiger partial charge in [-0.25, -0.2) is 9.97 Å². The van der Waals surface area contributed by atoms with Crippen molar-refractivity contribution in [2.75, 3.05) is 5.32 Å². The zero-order chi connectivity index (χ0) is 12.9. The van der Waals surface area contributed by atoms with Crippen LogP contribution in [-0.4, -0.2) is 27.2 Å². The summed E-state index contributed by atoms with van der Waals surface area (Å²) in [7, 11) is 0. The second-order valence-electron chi connectivity index (χ2n) is 5.59. The maximum absolute atomic E-state index is 9.77. The molecule has 1 aliphatic rings. The summed E-state index contributed by atoms with van der Waals surface area (Å²) in [5, 5.41) is 15.3. The molecule has 0 radical (unpaired) electrons. The lowest BCUT2D eigenvalue weighted by molar-refractivity contribution is -0.0511. The second kappa shape index (κ2) is 3.90. The summed E-state index contributed by atoms with van der Waals surface area (Å²) < 4.78 is 1.10. The predicted molar refractivity (Wildman–Crippen MR) is 74.0 cm³/mol. The molecule has 5 heteroatoms. The molecule has 0 saturated heterocycles. The molecule has 4 nitrogen and oxygen atoms in total. The van der Waals surface area contributed by atoms with Crippen molar-refractivity contribution in [3.05, 3.63) is 17.3 Å². The van der Waals surface area contributed by atoms with Crippen LogP contribution in [-0.2, 0) is 0 Å². The number of rotatable bonds is 2. The summed E-state index contributed by atoms with van der Waals surface area (Å²) in [4.78, 5) is 8.65. The van der Waals surface area contributed by atoms with Crippen molar-refractivity contribution in [3.63, 3.8) is 0 Å². The van der Waals surface area contributed by atoms with Crippen molar-refractivity contribution < 1.29 is 5.11 Å². The molecule has 96 valence electrons. The van der Waals surface area contributed by atoms with Gasteiger partial charge in [0.25, 0.3) is 0 Å². The highest BCUT2D eigenvalue weighted by molar-refractivity contribution is 7.18. The third-order valence-corrected chi connectivity index (χ3v) is 5.15. The number of fused-ring (bicyclic) bond motifs is 1. The van der Waals surface area contributed by atoms with Crippen LogP contribution in [0.4, 0.5) is 5.82 Å². The minimum atomic E-state index is -0.225. The highest BCUT2D eigenvalue weighted by Gasteiger charge is 2.47. The van der Waals surface area contributed by atoms with E-state index in [0.29, 0.717) is 0 Å². The Kier molecular flexibility index (Phi) is 2.57. The third kappa shape index (κ3) is 1.61. The number of anilines is 1. The van der Waals surface area contributed by atoms with Gasteiger partial charge in [-0.2, -0.15) is 0 Å². The molecule has 18 heavy (non-hydrogen) atoms. The molecule has 1 fully saturated rings. The van der Waals surface area contributed by atoms with Crippen LogP contribution >= 0.6 is 11.3 Å². The molecule has 0 aromatic carbocycles. The van der Waals surface area contributed by atoms with Crippen molar-refractivity contribution >= 4 is 27.4 Å². The van der Waals surface area contributed by atoms with Gasteiger partial charge in [-0.15, -0.1) is 11.3 Å². The minimum Gasteiger partial charge on any atom is -0.392 e. The Bertz CT molecular complexity index is 593. The van der Waals surface area contributed by atoms with Gasteiger partial charge in [0.1, 0.15) is 12.1 Å². The zero-order valence-corrected chi connectivity index (χ0v) is 11.6. The number of thiophene rings is 1. The summed E-state index contributed by atoms with van der Waals surface area (Å²) in [5.74, 6) is 0.892. The SMILES string of the molecule is Cc1csc2c(NC3CC(O)C3(C)C)ncnc12. The molecule has 2 atom stereocenters. The van der Waals surface area contributed by atoms with E-state index in [1.54, 1.807) is 17.7 Å². The molecule has 2 unspecified atom stereocenters. The molecule has 2 aromatic rings. The van der Waals surface area contributed by atoms with E-state index in [1.165, 1.54) is 5.56 Å². The standard InChI is InChI=1S/C13H17N3OS/c1-7-5-18-11-10(7)14-6-15-12(11)16-8-4-9(17)13(8,2)3/h5-6,8-9,17H,4H2,1-3H3,(H,14,15,16). The summed E-state index contributed by atoms with van der Waals surface area (Å²) in [5.41, 5.74) is 2.12. The van der Waals surface area contributed by atoms with E-state index >= 15 is 0 Å². The van der Waals surface area contributed by atoms with Crippen LogP contribution in [0, 0.1) is 12.3 Å². The molecule has 3 rings (SSSR count). The van der Waals surface area contributed by atoms with E-state index in [1.807, 2.05) is 0 Å². The first kappa shape index (κ1) is 11.9. The lowest BCUT2D eigenvalue weighted by Gasteiger charge is -2.49. The molecule has 1 aliphatic carbocycles. The van der Waals surface area contributed by atoms with Crippen molar-refractivity contribution in [1.82, 2.24) is 9.97 Å². The van der Waals surface area contributed by atoms with Gasteiger partial charge in [-0.1, -0.05) is 13.8 Å². The van der Waals surface area contributed by atoms with Crippen LogP contribution in [0.15, 0.2) is 11.7 Å². The van der Waals surface area contributed by atoms with Gasteiger partial charge in [0.2, 0.25) is 0 Å². The Morgan fingerprint density at radius 1 is 1.44 bits per heavy atom. The molecule has 2 heterocycles. The third-order valence-electron chi connectivity index (χ3n) is 4.06. The number of nitrogens with one attached hydrogen (secondary N) is 1. The molecule has 0 spiro atoms. The highest BCUT2D eigenvalue weighted by Crippen LogP contribution is 2.43. The number of hydrogen-bond acceptors (Lipinski definition) is 5. The van der Waals surface area contributed by atoms with Crippen molar-refractivity contribution in [1.29, 1.82) is 0 Å². The fourth-order valence-electron chi connectivity index (χ4n) is 2.38. The van der Waals surface area contributed by atoms with Gasteiger partial charge < -0.3 is 10.4 Å². The van der Waals surface area contributed by atoms with Crippen molar-refractivity contribution in [2.24, 2.45) is 5.41 Å². The van der Waals surface area contributed by atoms with Crippen LogP contribution in [0.3, 0.4) is 0 Å². The smallest absolute Gasteiger partial charge is 0.147 e. The quantitative estimate of drug-likeness (QED) is 0.874. The molecule has 2 aromatic heterocycles. The number of hydrogen-bond donors (Lipinski definition) is 2. The van der Waals surface area contributed by atoms with Gasteiger partial charge in [0.15, 0.2) is 0 Å². The monoisotopic (exact) mass is 263 g/mol. The first-order chi connectivity index (χ1) is 8.50. The molecule has 0 amide bonds. The normalized spacial score (nSPS) is 26.0. The Morgan fingerprint density at radius 2 is 2.22 bits per heavy atom.